The minimum Gasteiger partial charge on any atom is -0.382 e. The maximum atomic E-state index is 12.0. The van der Waals surface area contributed by atoms with Gasteiger partial charge in [-0.1, -0.05) is 0 Å². The molecule has 19 heavy (non-hydrogen) atoms. The van der Waals surface area contributed by atoms with Crippen LogP contribution in [-0.4, -0.2) is 43.0 Å². The molecule has 0 atom stereocenters. The first kappa shape index (κ1) is 14.0. The maximum absolute atomic E-state index is 12.0. The highest BCUT2D eigenvalue weighted by Gasteiger charge is 2.25. The average Bonchev–Trinajstić information content (AvgIpc) is 3.24. The Hall–Kier alpha value is -1.40. The van der Waals surface area contributed by atoms with Crippen LogP contribution in [0.5, 0.6) is 0 Å². The lowest BCUT2D eigenvalue weighted by Crippen LogP contribution is -2.24. The van der Waals surface area contributed by atoms with E-state index < -0.39 is 0 Å². The van der Waals surface area contributed by atoms with Crippen molar-refractivity contribution >= 4 is 5.82 Å². The lowest BCUT2D eigenvalue weighted by molar-refractivity contribution is 0.0705. The van der Waals surface area contributed by atoms with Crippen LogP contribution in [-0.2, 0) is 9.47 Å². The van der Waals surface area contributed by atoms with E-state index in [1.165, 1.54) is 0 Å². The van der Waals surface area contributed by atoms with Crippen molar-refractivity contribution in [1.82, 2.24) is 9.55 Å². The highest BCUT2D eigenvalue weighted by molar-refractivity contribution is 5.30. The van der Waals surface area contributed by atoms with Gasteiger partial charge in [-0.15, -0.1) is 0 Å². The fourth-order valence-electron chi connectivity index (χ4n) is 1.81. The lowest BCUT2D eigenvalue weighted by Gasteiger charge is -2.08. The van der Waals surface area contributed by atoms with Crippen molar-refractivity contribution in [3.8, 4) is 0 Å². The number of aromatic nitrogens is 2. The molecule has 0 amide bonds. The molecule has 0 bridgehead atoms. The lowest BCUT2D eigenvalue weighted by atomic mass is 10.4. The molecule has 1 saturated carbocycles. The van der Waals surface area contributed by atoms with Gasteiger partial charge in [-0.2, -0.15) is 0 Å². The molecule has 1 aliphatic carbocycles. The van der Waals surface area contributed by atoms with Crippen molar-refractivity contribution in [1.29, 1.82) is 0 Å². The van der Waals surface area contributed by atoms with Crippen LogP contribution in [0, 0.1) is 0 Å². The molecule has 106 valence electrons. The number of nitrogens with one attached hydrogen (secondary N) is 1. The van der Waals surface area contributed by atoms with Gasteiger partial charge in [0.05, 0.1) is 13.2 Å². The van der Waals surface area contributed by atoms with E-state index in [2.05, 4.69) is 10.3 Å². The number of anilines is 1. The molecule has 1 fully saturated rings. The SMILES string of the molecule is COCCOCCCNc1nccn(C2CC2)c1=O. The summed E-state index contributed by atoms with van der Waals surface area (Å²) in [5.41, 5.74) is -0.0229. The van der Waals surface area contributed by atoms with Gasteiger partial charge < -0.3 is 19.4 Å². The zero-order chi connectivity index (χ0) is 13.5. The summed E-state index contributed by atoms with van der Waals surface area (Å²) in [5.74, 6) is 0.436. The normalized spacial score (nSPS) is 14.6. The Morgan fingerprint density at radius 2 is 2.26 bits per heavy atom. The molecule has 0 saturated heterocycles. The zero-order valence-corrected chi connectivity index (χ0v) is 11.3. The van der Waals surface area contributed by atoms with Gasteiger partial charge in [0.1, 0.15) is 0 Å². The number of hydrogen-bond acceptors (Lipinski definition) is 5. The minimum atomic E-state index is -0.0229. The molecule has 0 aliphatic heterocycles. The fourth-order valence-corrected chi connectivity index (χ4v) is 1.81. The second-order valence-electron chi connectivity index (χ2n) is 4.60. The highest BCUT2D eigenvalue weighted by atomic mass is 16.5. The molecule has 6 heteroatoms. The van der Waals surface area contributed by atoms with Gasteiger partial charge >= 0.3 is 0 Å². The molecule has 0 aromatic carbocycles. The molecule has 0 unspecified atom stereocenters. The van der Waals surface area contributed by atoms with Crippen molar-refractivity contribution in [2.75, 3.05) is 38.8 Å². The summed E-state index contributed by atoms with van der Waals surface area (Å²) in [5, 5.41) is 3.07. The van der Waals surface area contributed by atoms with Crippen molar-refractivity contribution in [2.45, 2.75) is 25.3 Å². The molecule has 0 radical (unpaired) electrons. The molecule has 6 nitrogen and oxygen atoms in total. The molecule has 1 heterocycles. The Balaban J connectivity index is 1.71. The van der Waals surface area contributed by atoms with Crippen LogP contribution in [0.3, 0.4) is 0 Å². The van der Waals surface area contributed by atoms with Crippen molar-refractivity contribution in [3.63, 3.8) is 0 Å². The third-order valence-electron chi connectivity index (χ3n) is 3.00. The molecule has 1 aromatic rings. The second-order valence-corrected chi connectivity index (χ2v) is 4.60. The van der Waals surface area contributed by atoms with E-state index in [0.29, 0.717) is 38.2 Å². The molecule has 1 aromatic heterocycles. The Bertz CT molecular complexity index is 443. The van der Waals surface area contributed by atoms with E-state index >= 15 is 0 Å². The average molecular weight is 267 g/mol. The first-order chi connectivity index (χ1) is 9.33. The van der Waals surface area contributed by atoms with Gasteiger partial charge in [0.25, 0.3) is 5.56 Å². The molecule has 1 aliphatic rings. The van der Waals surface area contributed by atoms with Gasteiger partial charge in [0.2, 0.25) is 0 Å². The third kappa shape index (κ3) is 4.33. The van der Waals surface area contributed by atoms with E-state index in [0.717, 1.165) is 19.3 Å². The molecular formula is C13H21N3O3. The van der Waals surface area contributed by atoms with Crippen molar-refractivity contribution < 1.29 is 9.47 Å². The standard InChI is InChI=1S/C13H21N3O3/c1-18-9-10-19-8-2-5-14-12-13(17)16(7-6-15-12)11-3-4-11/h6-7,11H,2-5,8-10H2,1H3,(H,14,15). The number of rotatable bonds is 9. The van der Waals surface area contributed by atoms with Crippen LogP contribution in [0.4, 0.5) is 5.82 Å². The molecular weight excluding hydrogens is 246 g/mol. The number of methoxy groups -OCH3 is 1. The van der Waals surface area contributed by atoms with Crippen LogP contribution in [0.2, 0.25) is 0 Å². The van der Waals surface area contributed by atoms with Crippen LogP contribution in [0.25, 0.3) is 0 Å². The third-order valence-corrected chi connectivity index (χ3v) is 3.00. The number of ether oxygens (including phenoxy) is 2. The van der Waals surface area contributed by atoms with Crippen LogP contribution < -0.4 is 10.9 Å². The maximum Gasteiger partial charge on any atom is 0.293 e. The van der Waals surface area contributed by atoms with Gasteiger partial charge in [-0.25, -0.2) is 4.98 Å². The van der Waals surface area contributed by atoms with Crippen LogP contribution >= 0.6 is 0 Å². The predicted molar refractivity (Wildman–Crippen MR) is 72.6 cm³/mol. The van der Waals surface area contributed by atoms with Crippen LogP contribution in [0.1, 0.15) is 25.3 Å². The van der Waals surface area contributed by atoms with E-state index in [1.54, 1.807) is 24.1 Å². The summed E-state index contributed by atoms with van der Waals surface area (Å²) in [4.78, 5) is 16.1. The van der Waals surface area contributed by atoms with E-state index in [4.69, 9.17) is 9.47 Å². The minimum absolute atomic E-state index is 0.0229. The monoisotopic (exact) mass is 267 g/mol. The largest absolute Gasteiger partial charge is 0.382 e. The fraction of sp³-hybridized carbons (Fsp3) is 0.692. The van der Waals surface area contributed by atoms with E-state index in [-0.39, 0.29) is 5.56 Å². The number of nitrogens with zero attached hydrogens (tertiary/aromatic N) is 2. The number of hydrogen-bond donors (Lipinski definition) is 1. The highest BCUT2D eigenvalue weighted by Crippen LogP contribution is 2.33. The quantitative estimate of drug-likeness (QED) is 0.677. The van der Waals surface area contributed by atoms with Crippen LogP contribution in [0.15, 0.2) is 17.2 Å². The molecule has 2 rings (SSSR count). The first-order valence-corrected chi connectivity index (χ1v) is 6.70. The van der Waals surface area contributed by atoms with Crippen molar-refractivity contribution in [2.24, 2.45) is 0 Å². The van der Waals surface area contributed by atoms with Crippen molar-refractivity contribution in [3.05, 3.63) is 22.7 Å². The topological polar surface area (TPSA) is 65.4 Å². The summed E-state index contributed by atoms with van der Waals surface area (Å²) in [6.45, 7) is 2.55. The Labute approximate surface area is 112 Å². The summed E-state index contributed by atoms with van der Waals surface area (Å²) >= 11 is 0. The van der Waals surface area contributed by atoms with E-state index in [1.807, 2.05) is 0 Å². The Morgan fingerprint density at radius 3 is 3.00 bits per heavy atom. The Morgan fingerprint density at radius 1 is 1.42 bits per heavy atom. The first-order valence-electron chi connectivity index (χ1n) is 6.70. The molecule has 0 spiro atoms. The predicted octanol–water partition coefficient (Wildman–Crippen LogP) is 1.04. The summed E-state index contributed by atoms with van der Waals surface area (Å²) in [7, 11) is 1.65. The molecule has 1 N–H and O–H groups in total. The van der Waals surface area contributed by atoms with Gasteiger partial charge in [0, 0.05) is 38.7 Å². The van der Waals surface area contributed by atoms with E-state index in [9.17, 15) is 4.79 Å². The second kappa shape index (κ2) is 7.25. The summed E-state index contributed by atoms with van der Waals surface area (Å²) in [6.07, 6.45) is 6.47. The van der Waals surface area contributed by atoms with Gasteiger partial charge in [-0.05, 0) is 19.3 Å². The summed E-state index contributed by atoms with van der Waals surface area (Å²) in [6, 6.07) is 0.383. The zero-order valence-electron chi connectivity index (χ0n) is 11.3. The smallest absolute Gasteiger partial charge is 0.293 e. The summed E-state index contributed by atoms with van der Waals surface area (Å²) < 4.78 is 12.0. The Kier molecular flexibility index (Phi) is 5.35. The van der Waals surface area contributed by atoms with Gasteiger partial charge in [-0.3, -0.25) is 4.79 Å². The van der Waals surface area contributed by atoms with Gasteiger partial charge in [0.15, 0.2) is 5.82 Å².